The summed E-state index contributed by atoms with van der Waals surface area (Å²) in [6.07, 6.45) is 3.00. The van der Waals surface area contributed by atoms with E-state index >= 15 is 0 Å². The first kappa shape index (κ1) is 15.7. The molecular weight excluding hydrogens is 294 g/mol. The maximum Gasteiger partial charge on any atom is 0.0738 e. The number of ether oxygens (including phenoxy) is 1. The predicted octanol–water partition coefficient (Wildman–Crippen LogP) is 2.57. The minimum atomic E-state index is 0.0102. The number of aryl methyl sites for hydroxylation is 2. The second-order valence-corrected chi connectivity index (χ2v) is 5.41. The maximum absolute atomic E-state index is 6.28. The number of nitrogens with two attached hydrogens (primary N) is 1. The summed E-state index contributed by atoms with van der Waals surface area (Å²) in [5, 5.41) is 4.39. The van der Waals surface area contributed by atoms with Gasteiger partial charge < -0.3 is 10.5 Å². The van der Waals surface area contributed by atoms with Crippen LogP contribution < -0.4 is 5.73 Å². The summed E-state index contributed by atoms with van der Waals surface area (Å²) in [5.41, 5.74) is 8.42. The van der Waals surface area contributed by atoms with Crippen LogP contribution in [-0.4, -0.2) is 28.5 Å². The Hall–Kier alpha value is -0.390. The third-order valence-corrected chi connectivity index (χ3v) is 4.15. The molecule has 0 aliphatic heterocycles. The molecule has 1 aromatic heterocycles. The van der Waals surface area contributed by atoms with Crippen LogP contribution in [0.1, 0.15) is 38.1 Å². The average Bonchev–Trinajstić information content (AvgIpc) is 2.55. The van der Waals surface area contributed by atoms with E-state index in [0.29, 0.717) is 6.61 Å². The third-order valence-electron chi connectivity index (χ3n) is 3.12. The highest BCUT2D eigenvalue weighted by atomic mass is 79.9. The standard InChI is InChI=1S/C13H24BrN3O/c1-5-7-12(18-6-2)10(15)8-11-13(14)9(3)16-17(11)4/h10,12H,5-8,15H2,1-4H3. The fraction of sp³-hybridized carbons (Fsp3) is 0.769. The molecule has 2 atom stereocenters. The number of hydrogen-bond acceptors (Lipinski definition) is 3. The van der Waals surface area contributed by atoms with Crippen LogP contribution in [0, 0.1) is 6.92 Å². The van der Waals surface area contributed by atoms with Crippen molar-refractivity contribution < 1.29 is 4.74 Å². The van der Waals surface area contributed by atoms with Gasteiger partial charge in [0.25, 0.3) is 0 Å². The van der Waals surface area contributed by atoms with Gasteiger partial charge in [-0.2, -0.15) is 5.10 Å². The summed E-state index contributed by atoms with van der Waals surface area (Å²) in [6, 6.07) is 0.0102. The Morgan fingerprint density at radius 2 is 2.11 bits per heavy atom. The van der Waals surface area contributed by atoms with E-state index in [2.05, 4.69) is 28.0 Å². The first-order chi connectivity index (χ1) is 8.51. The first-order valence-electron chi connectivity index (χ1n) is 6.56. The van der Waals surface area contributed by atoms with E-state index in [-0.39, 0.29) is 12.1 Å². The van der Waals surface area contributed by atoms with Crippen LogP contribution in [-0.2, 0) is 18.2 Å². The molecule has 104 valence electrons. The van der Waals surface area contributed by atoms with Crippen molar-refractivity contribution in [3.8, 4) is 0 Å². The SMILES string of the molecule is CCCC(OCC)C(N)Cc1c(Br)c(C)nn1C. The van der Waals surface area contributed by atoms with Crippen molar-refractivity contribution in [2.24, 2.45) is 12.8 Å². The second kappa shape index (κ2) is 7.26. The molecule has 0 aromatic carbocycles. The van der Waals surface area contributed by atoms with Crippen molar-refractivity contribution in [3.63, 3.8) is 0 Å². The van der Waals surface area contributed by atoms with Crippen molar-refractivity contribution >= 4 is 15.9 Å². The molecule has 1 aromatic rings. The van der Waals surface area contributed by atoms with Crippen LogP contribution in [0.15, 0.2) is 4.47 Å². The Bertz CT molecular complexity index is 373. The van der Waals surface area contributed by atoms with Crippen LogP contribution in [0.5, 0.6) is 0 Å². The molecule has 0 spiro atoms. The molecule has 1 heterocycles. The highest BCUT2D eigenvalue weighted by Gasteiger charge is 2.21. The third kappa shape index (κ3) is 3.80. The van der Waals surface area contributed by atoms with Crippen molar-refractivity contribution in [2.45, 2.75) is 52.2 Å². The van der Waals surface area contributed by atoms with E-state index < -0.39 is 0 Å². The molecule has 0 saturated heterocycles. The molecule has 0 saturated carbocycles. The average molecular weight is 318 g/mol. The number of hydrogen-bond donors (Lipinski definition) is 1. The lowest BCUT2D eigenvalue weighted by molar-refractivity contribution is 0.0374. The van der Waals surface area contributed by atoms with Gasteiger partial charge in [-0.05, 0) is 36.2 Å². The monoisotopic (exact) mass is 317 g/mol. The Morgan fingerprint density at radius 1 is 1.44 bits per heavy atom. The summed E-state index contributed by atoms with van der Waals surface area (Å²) in [4.78, 5) is 0. The molecule has 2 unspecified atom stereocenters. The van der Waals surface area contributed by atoms with Gasteiger partial charge in [0.1, 0.15) is 0 Å². The van der Waals surface area contributed by atoms with Crippen molar-refractivity contribution in [1.29, 1.82) is 0 Å². The molecule has 0 radical (unpaired) electrons. The summed E-state index contributed by atoms with van der Waals surface area (Å²) < 4.78 is 8.69. The van der Waals surface area contributed by atoms with E-state index in [4.69, 9.17) is 10.5 Å². The van der Waals surface area contributed by atoms with Gasteiger partial charge in [-0.25, -0.2) is 0 Å². The Balaban J connectivity index is 2.75. The summed E-state index contributed by atoms with van der Waals surface area (Å²) >= 11 is 3.58. The number of nitrogens with zero attached hydrogens (tertiary/aromatic N) is 2. The van der Waals surface area contributed by atoms with Crippen LogP contribution in [0.2, 0.25) is 0 Å². The molecular formula is C13H24BrN3O. The zero-order chi connectivity index (χ0) is 13.7. The topological polar surface area (TPSA) is 53.1 Å². The van der Waals surface area contributed by atoms with Crippen LogP contribution in [0.4, 0.5) is 0 Å². The van der Waals surface area contributed by atoms with Gasteiger partial charge in [0.05, 0.1) is 22.0 Å². The fourth-order valence-corrected chi connectivity index (χ4v) is 2.67. The van der Waals surface area contributed by atoms with E-state index in [1.165, 1.54) is 0 Å². The first-order valence-corrected chi connectivity index (χ1v) is 7.35. The molecule has 0 aliphatic carbocycles. The van der Waals surface area contributed by atoms with E-state index in [9.17, 15) is 0 Å². The molecule has 1 rings (SSSR count). The quantitative estimate of drug-likeness (QED) is 0.841. The lowest BCUT2D eigenvalue weighted by Gasteiger charge is -2.23. The maximum atomic E-state index is 6.28. The summed E-state index contributed by atoms with van der Waals surface area (Å²) in [7, 11) is 1.95. The molecule has 0 bridgehead atoms. The van der Waals surface area contributed by atoms with E-state index in [1.54, 1.807) is 0 Å². The zero-order valence-corrected chi connectivity index (χ0v) is 13.3. The van der Waals surface area contributed by atoms with Crippen molar-refractivity contribution in [1.82, 2.24) is 9.78 Å². The second-order valence-electron chi connectivity index (χ2n) is 4.62. The van der Waals surface area contributed by atoms with Crippen LogP contribution in [0.25, 0.3) is 0 Å². The Morgan fingerprint density at radius 3 is 2.56 bits per heavy atom. The normalized spacial score (nSPS) is 14.8. The van der Waals surface area contributed by atoms with E-state index in [0.717, 1.165) is 35.1 Å². The van der Waals surface area contributed by atoms with Crippen LogP contribution >= 0.6 is 15.9 Å². The van der Waals surface area contributed by atoms with Crippen molar-refractivity contribution in [3.05, 3.63) is 15.9 Å². The van der Waals surface area contributed by atoms with Gasteiger partial charge in [-0.3, -0.25) is 4.68 Å². The molecule has 0 aliphatic rings. The molecule has 18 heavy (non-hydrogen) atoms. The molecule has 5 heteroatoms. The predicted molar refractivity (Wildman–Crippen MR) is 77.6 cm³/mol. The zero-order valence-electron chi connectivity index (χ0n) is 11.7. The van der Waals surface area contributed by atoms with Gasteiger partial charge in [-0.15, -0.1) is 0 Å². The largest absolute Gasteiger partial charge is 0.377 e. The number of aromatic nitrogens is 2. The molecule has 0 amide bonds. The van der Waals surface area contributed by atoms with E-state index in [1.807, 2.05) is 25.6 Å². The smallest absolute Gasteiger partial charge is 0.0738 e. The molecule has 2 N–H and O–H groups in total. The number of halogens is 1. The Labute approximate surface area is 118 Å². The van der Waals surface area contributed by atoms with Gasteiger partial charge in [-0.1, -0.05) is 13.3 Å². The lowest BCUT2D eigenvalue weighted by Crippen LogP contribution is -2.39. The van der Waals surface area contributed by atoms with Gasteiger partial charge in [0, 0.05) is 26.1 Å². The Kier molecular flexibility index (Phi) is 6.32. The fourth-order valence-electron chi connectivity index (χ4n) is 2.18. The minimum absolute atomic E-state index is 0.0102. The highest BCUT2D eigenvalue weighted by molar-refractivity contribution is 9.10. The highest BCUT2D eigenvalue weighted by Crippen LogP contribution is 2.22. The van der Waals surface area contributed by atoms with Gasteiger partial charge in [0.2, 0.25) is 0 Å². The van der Waals surface area contributed by atoms with Gasteiger partial charge in [0.15, 0.2) is 0 Å². The minimum Gasteiger partial charge on any atom is -0.377 e. The molecule has 4 nitrogen and oxygen atoms in total. The summed E-state index contributed by atoms with van der Waals surface area (Å²) in [5.74, 6) is 0. The van der Waals surface area contributed by atoms with Crippen molar-refractivity contribution in [2.75, 3.05) is 6.61 Å². The number of rotatable bonds is 7. The van der Waals surface area contributed by atoms with Gasteiger partial charge >= 0.3 is 0 Å². The van der Waals surface area contributed by atoms with Crippen LogP contribution in [0.3, 0.4) is 0 Å². The lowest BCUT2D eigenvalue weighted by atomic mass is 10.0. The summed E-state index contributed by atoms with van der Waals surface area (Å²) in [6.45, 7) is 6.87. The molecule has 0 fully saturated rings.